The smallest absolute Gasteiger partial charge is 0.147 e. The van der Waals surface area contributed by atoms with Crippen molar-refractivity contribution < 1.29 is 4.74 Å². The molecule has 13 heavy (non-hydrogen) atoms. The molecule has 0 aliphatic rings. The normalized spacial score (nSPS) is 9.38. The Labute approximate surface area is 78.0 Å². The summed E-state index contributed by atoms with van der Waals surface area (Å²) in [6.45, 7) is 6.30. The van der Waals surface area contributed by atoms with Crippen molar-refractivity contribution in [3.8, 4) is 11.8 Å². The van der Waals surface area contributed by atoms with Crippen LogP contribution in [0.3, 0.4) is 0 Å². The van der Waals surface area contributed by atoms with Gasteiger partial charge in [-0.2, -0.15) is 5.26 Å². The monoisotopic (exact) mass is 176 g/mol. The van der Waals surface area contributed by atoms with E-state index in [1.807, 2.05) is 26.8 Å². The van der Waals surface area contributed by atoms with Crippen LogP contribution < -0.4 is 4.74 Å². The van der Waals surface area contributed by atoms with Gasteiger partial charge >= 0.3 is 0 Å². The molecule has 0 radical (unpaired) electrons. The number of hydrogen-bond donors (Lipinski definition) is 0. The zero-order valence-corrected chi connectivity index (χ0v) is 8.09. The molecule has 0 aliphatic carbocycles. The van der Waals surface area contributed by atoms with Gasteiger partial charge in [0.2, 0.25) is 0 Å². The molecule has 0 spiro atoms. The molecule has 0 bridgehead atoms. The van der Waals surface area contributed by atoms with Crippen molar-refractivity contribution >= 4 is 0 Å². The third-order valence-corrected chi connectivity index (χ3v) is 1.84. The third-order valence-electron chi connectivity index (χ3n) is 1.84. The van der Waals surface area contributed by atoms with E-state index in [-0.39, 0.29) is 0 Å². The summed E-state index contributed by atoms with van der Waals surface area (Å²) in [5.74, 6) is 0.786. The Bertz CT molecular complexity index is 353. The SMILES string of the molecule is CCOc1c(C)cnc(C#N)c1C. The number of aromatic nitrogens is 1. The maximum atomic E-state index is 8.73. The molecule has 0 saturated carbocycles. The molecule has 0 aromatic carbocycles. The molecule has 3 nitrogen and oxygen atoms in total. The summed E-state index contributed by atoms with van der Waals surface area (Å²) in [7, 11) is 0. The van der Waals surface area contributed by atoms with Crippen LogP contribution in [0, 0.1) is 25.2 Å². The average molecular weight is 176 g/mol. The van der Waals surface area contributed by atoms with Crippen molar-refractivity contribution in [3.63, 3.8) is 0 Å². The van der Waals surface area contributed by atoms with Gasteiger partial charge in [-0.05, 0) is 20.8 Å². The van der Waals surface area contributed by atoms with Gasteiger partial charge in [-0.1, -0.05) is 0 Å². The average Bonchev–Trinajstić information content (AvgIpc) is 2.12. The number of nitrogens with zero attached hydrogens (tertiary/aromatic N) is 2. The molecule has 1 heterocycles. The first kappa shape index (κ1) is 9.53. The van der Waals surface area contributed by atoms with Gasteiger partial charge in [-0.25, -0.2) is 4.98 Å². The first-order chi connectivity index (χ1) is 6.20. The first-order valence-corrected chi connectivity index (χ1v) is 4.19. The molecule has 0 aliphatic heterocycles. The summed E-state index contributed by atoms with van der Waals surface area (Å²) in [6, 6.07) is 2.03. The molecule has 0 fully saturated rings. The van der Waals surface area contributed by atoms with E-state index in [0.717, 1.165) is 16.9 Å². The van der Waals surface area contributed by atoms with Crippen LogP contribution in [0.5, 0.6) is 5.75 Å². The van der Waals surface area contributed by atoms with Crippen molar-refractivity contribution in [1.29, 1.82) is 5.26 Å². The van der Waals surface area contributed by atoms with Crippen molar-refractivity contribution in [2.45, 2.75) is 20.8 Å². The summed E-state index contributed by atoms with van der Waals surface area (Å²) in [5, 5.41) is 8.73. The molecule has 0 atom stereocenters. The first-order valence-electron chi connectivity index (χ1n) is 4.19. The lowest BCUT2D eigenvalue weighted by atomic mass is 10.1. The van der Waals surface area contributed by atoms with Crippen LogP contribution in [0.15, 0.2) is 6.20 Å². The van der Waals surface area contributed by atoms with E-state index in [2.05, 4.69) is 4.98 Å². The van der Waals surface area contributed by atoms with E-state index in [1.54, 1.807) is 6.20 Å². The summed E-state index contributed by atoms with van der Waals surface area (Å²) >= 11 is 0. The molecule has 1 rings (SSSR count). The Balaban J connectivity index is 3.23. The lowest BCUT2D eigenvalue weighted by molar-refractivity contribution is 0.335. The van der Waals surface area contributed by atoms with Gasteiger partial charge in [0, 0.05) is 17.3 Å². The minimum absolute atomic E-state index is 0.439. The minimum Gasteiger partial charge on any atom is -0.493 e. The lowest BCUT2D eigenvalue weighted by Gasteiger charge is -2.10. The second-order valence-electron chi connectivity index (χ2n) is 2.79. The van der Waals surface area contributed by atoms with E-state index in [1.165, 1.54) is 0 Å². The van der Waals surface area contributed by atoms with E-state index < -0.39 is 0 Å². The molecule has 3 heteroatoms. The molecule has 0 N–H and O–H groups in total. The minimum atomic E-state index is 0.439. The zero-order valence-electron chi connectivity index (χ0n) is 8.09. The van der Waals surface area contributed by atoms with Crippen LogP contribution >= 0.6 is 0 Å². The van der Waals surface area contributed by atoms with Gasteiger partial charge in [0.05, 0.1) is 6.61 Å². The fourth-order valence-corrected chi connectivity index (χ4v) is 1.20. The number of hydrogen-bond acceptors (Lipinski definition) is 3. The van der Waals surface area contributed by atoms with Gasteiger partial charge in [0.25, 0.3) is 0 Å². The van der Waals surface area contributed by atoms with E-state index in [0.29, 0.717) is 12.3 Å². The summed E-state index contributed by atoms with van der Waals surface area (Å²) in [4.78, 5) is 4.00. The Morgan fingerprint density at radius 1 is 1.54 bits per heavy atom. The summed E-state index contributed by atoms with van der Waals surface area (Å²) in [6.07, 6.45) is 1.66. The standard InChI is InChI=1S/C10H12N2O/c1-4-13-10-7(2)6-12-9(5-11)8(10)3/h6H,4H2,1-3H3. The maximum absolute atomic E-state index is 8.73. The number of pyridine rings is 1. The quantitative estimate of drug-likeness (QED) is 0.692. The predicted octanol–water partition coefficient (Wildman–Crippen LogP) is 1.97. The zero-order chi connectivity index (χ0) is 9.84. The number of ether oxygens (including phenoxy) is 1. The molecule has 1 aromatic heterocycles. The lowest BCUT2D eigenvalue weighted by Crippen LogP contribution is -2.00. The molecule has 0 unspecified atom stereocenters. The van der Waals surface area contributed by atoms with Crippen LogP contribution in [0.25, 0.3) is 0 Å². The van der Waals surface area contributed by atoms with Crippen molar-refractivity contribution in [1.82, 2.24) is 4.98 Å². The second-order valence-corrected chi connectivity index (χ2v) is 2.79. The third kappa shape index (κ3) is 1.78. The van der Waals surface area contributed by atoms with Crippen LogP contribution in [0.4, 0.5) is 0 Å². The molecule has 0 saturated heterocycles. The predicted molar refractivity (Wildman–Crippen MR) is 49.6 cm³/mol. The fraction of sp³-hybridized carbons (Fsp3) is 0.400. The highest BCUT2D eigenvalue weighted by Crippen LogP contribution is 2.23. The maximum Gasteiger partial charge on any atom is 0.147 e. The molecular formula is C10H12N2O. The number of aryl methyl sites for hydroxylation is 1. The topological polar surface area (TPSA) is 45.9 Å². The molecular weight excluding hydrogens is 164 g/mol. The summed E-state index contributed by atoms with van der Waals surface area (Å²) < 4.78 is 5.42. The fourth-order valence-electron chi connectivity index (χ4n) is 1.20. The highest BCUT2D eigenvalue weighted by Gasteiger charge is 2.08. The van der Waals surface area contributed by atoms with Crippen molar-refractivity contribution in [2.75, 3.05) is 6.61 Å². The largest absolute Gasteiger partial charge is 0.493 e. The van der Waals surface area contributed by atoms with E-state index in [4.69, 9.17) is 10.00 Å². The van der Waals surface area contributed by atoms with Gasteiger partial charge in [-0.3, -0.25) is 0 Å². The van der Waals surface area contributed by atoms with Gasteiger partial charge in [-0.15, -0.1) is 0 Å². The van der Waals surface area contributed by atoms with Crippen molar-refractivity contribution in [3.05, 3.63) is 23.0 Å². The van der Waals surface area contributed by atoms with Gasteiger partial charge in [0.1, 0.15) is 17.5 Å². The Morgan fingerprint density at radius 2 is 2.23 bits per heavy atom. The Hall–Kier alpha value is -1.56. The van der Waals surface area contributed by atoms with Gasteiger partial charge in [0.15, 0.2) is 0 Å². The van der Waals surface area contributed by atoms with Gasteiger partial charge < -0.3 is 4.74 Å². The molecule has 68 valence electrons. The van der Waals surface area contributed by atoms with Crippen LogP contribution in [0.2, 0.25) is 0 Å². The van der Waals surface area contributed by atoms with E-state index in [9.17, 15) is 0 Å². The summed E-state index contributed by atoms with van der Waals surface area (Å²) in [5.41, 5.74) is 2.23. The van der Waals surface area contributed by atoms with Crippen LogP contribution in [-0.2, 0) is 0 Å². The Morgan fingerprint density at radius 3 is 2.77 bits per heavy atom. The highest BCUT2D eigenvalue weighted by molar-refractivity contribution is 5.45. The number of nitriles is 1. The van der Waals surface area contributed by atoms with Crippen LogP contribution in [0.1, 0.15) is 23.7 Å². The van der Waals surface area contributed by atoms with E-state index >= 15 is 0 Å². The Kier molecular flexibility index (Phi) is 2.86. The van der Waals surface area contributed by atoms with Crippen LogP contribution in [-0.4, -0.2) is 11.6 Å². The van der Waals surface area contributed by atoms with Crippen molar-refractivity contribution in [2.24, 2.45) is 0 Å². The highest BCUT2D eigenvalue weighted by atomic mass is 16.5. The molecule has 0 amide bonds. The second kappa shape index (κ2) is 3.90. The number of rotatable bonds is 2. The molecule has 1 aromatic rings.